The Morgan fingerprint density at radius 2 is 2.46 bits per heavy atom. The van der Waals surface area contributed by atoms with Crippen LogP contribution in [0, 0.1) is 16.7 Å². The lowest BCUT2D eigenvalue weighted by molar-refractivity contribution is -0.121. The number of hydrogen-bond donors (Lipinski definition) is 1. The number of anilines is 1. The van der Waals surface area contributed by atoms with Gasteiger partial charge in [0, 0.05) is 0 Å². The normalized spacial score (nSPS) is 10.5. The fraction of sp³-hybridized carbons (Fsp3) is 0.429. The maximum Gasteiger partial charge on any atom is 0.246 e. The van der Waals surface area contributed by atoms with Gasteiger partial charge in [-0.05, 0) is 13.8 Å². The van der Waals surface area contributed by atoms with Crippen molar-refractivity contribution in [1.82, 2.24) is 10.2 Å². The molecule has 0 spiro atoms. The molecule has 0 fully saturated rings. The van der Waals surface area contributed by atoms with Gasteiger partial charge in [0.2, 0.25) is 11.0 Å². The minimum Gasteiger partial charge on any atom is -0.299 e. The van der Waals surface area contributed by atoms with E-state index in [1.54, 1.807) is 13.8 Å². The van der Waals surface area contributed by atoms with E-state index >= 15 is 0 Å². The zero-order valence-corrected chi connectivity index (χ0v) is 8.05. The van der Waals surface area contributed by atoms with Crippen LogP contribution in [0.4, 0.5) is 5.13 Å². The van der Waals surface area contributed by atoms with Crippen LogP contribution in [0.1, 0.15) is 13.8 Å². The number of rotatable bonds is 2. The average Bonchev–Trinajstić information content (AvgIpc) is 2.57. The molecule has 1 rings (SSSR count). The molecule has 0 radical (unpaired) electrons. The standard InChI is InChI=1S/C7H8N4OS/c1-7(2,3-8)5(12)10-6-11-9-4-13-6/h4H,1-2H3,(H,10,11,12). The number of hydrogen-bond acceptors (Lipinski definition) is 5. The number of nitrogens with one attached hydrogen (secondary N) is 1. The molecule has 0 aromatic carbocycles. The summed E-state index contributed by atoms with van der Waals surface area (Å²) in [5, 5.41) is 18.7. The molecule has 68 valence electrons. The molecule has 6 heteroatoms. The summed E-state index contributed by atoms with van der Waals surface area (Å²) in [5.41, 5.74) is 0.473. The van der Waals surface area contributed by atoms with Crippen LogP contribution in [0.3, 0.4) is 0 Å². The number of amides is 1. The van der Waals surface area contributed by atoms with Crippen LogP contribution >= 0.6 is 11.3 Å². The molecule has 0 saturated carbocycles. The van der Waals surface area contributed by atoms with Gasteiger partial charge in [-0.15, -0.1) is 10.2 Å². The van der Waals surface area contributed by atoms with Crippen molar-refractivity contribution in [2.75, 3.05) is 5.32 Å². The third-order valence-electron chi connectivity index (χ3n) is 1.43. The fourth-order valence-corrected chi connectivity index (χ4v) is 0.972. The maximum absolute atomic E-state index is 11.4. The van der Waals surface area contributed by atoms with Crippen molar-refractivity contribution >= 4 is 22.4 Å². The summed E-state index contributed by atoms with van der Waals surface area (Å²) in [4.78, 5) is 11.4. The molecule has 13 heavy (non-hydrogen) atoms. The van der Waals surface area contributed by atoms with Gasteiger partial charge in [0.05, 0.1) is 6.07 Å². The predicted molar refractivity (Wildman–Crippen MR) is 47.9 cm³/mol. The van der Waals surface area contributed by atoms with Gasteiger partial charge in [-0.2, -0.15) is 5.26 Å². The Morgan fingerprint density at radius 1 is 1.77 bits per heavy atom. The third-order valence-corrected chi connectivity index (χ3v) is 2.03. The molecule has 0 unspecified atom stereocenters. The Kier molecular flexibility index (Phi) is 2.58. The van der Waals surface area contributed by atoms with Crippen LogP contribution in [0.2, 0.25) is 0 Å². The summed E-state index contributed by atoms with van der Waals surface area (Å²) in [6, 6.07) is 1.90. The molecule has 1 amide bonds. The minimum absolute atomic E-state index is 0.369. The number of carbonyl (C=O) groups excluding carboxylic acids is 1. The summed E-state index contributed by atoms with van der Waals surface area (Å²) in [7, 11) is 0. The highest BCUT2D eigenvalue weighted by atomic mass is 32.1. The van der Waals surface area contributed by atoms with Crippen molar-refractivity contribution in [2.45, 2.75) is 13.8 Å². The van der Waals surface area contributed by atoms with Crippen molar-refractivity contribution in [2.24, 2.45) is 5.41 Å². The second kappa shape index (κ2) is 3.49. The van der Waals surface area contributed by atoms with E-state index in [1.165, 1.54) is 16.8 Å². The largest absolute Gasteiger partial charge is 0.299 e. The summed E-state index contributed by atoms with van der Waals surface area (Å²) < 4.78 is 0. The zero-order valence-electron chi connectivity index (χ0n) is 7.24. The van der Waals surface area contributed by atoms with Crippen molar-refractivity contribution in [3.05, 3.63) is 5.51 Å². The smallest absolute Gasteiger partial charge is 0.246 e. The first-order valence-corrected chi connectivity index (χ1v) is 4.43. The highest BCUT2D eigenvalue weighted by molar-refractivity contribution is 7.13. The van der Waals surface area contributed by atoms with Gasteiger partial charge in [-0.1, -0.05) is 11.3 Å². The molecule has 0 saturated heterocycles. The van der Waals surface area contributed by atoms with Crippen LogP contribution in [0.15, 0.2) is 5.51 Å². The van der Waals surface area contributed by atoms with Gasteiger partial charge >= 0.3 is 0 Å². The predicted octanol–water partition coefficient (Wildman–Crippen LogP) is 1.03. The first-order chi connectivity index (χ1) is 6.06. The lowest BCUT2D eigenvalue weighted by atomic mass is 9.95. The first kappa shape index (κ1) is 9.61. The Morgan fingerprint density at radius 3 is 2.92 bits per heavy atom. The highest BCUT2D eigenvalue weighted by Crippen LogP contribution is 2.17. The highest BCUT2D eigenvalue weighted by Gasteiger charge is 2.27. The average molecular weight is 196 g/mol. The summed E-state index contributed by atoms with van der Waals surface area (Å²) in [6.07, 6.45) is 0. The van der Waals surface area contributed by atoms with E-state index in [0.29, 0.717) is 5.13 Å². The number of aromatic nitrogens is 2. The van der Waals surface area contributed by atoms with E-state index in [-0.39, 0.29) is 5.91 Å². The van der Waals surface area contributed by atoms with Crippen molar-refractivity contribution in [3.63, 3.8) is 0 Å². The molecule has 0 aliphatic heterocycles. The van der Waals surface area contributed by atoms with Crippen molar-refractivity contribution in [3.8, 4) is 6.07 Å². The van der Waals surface area contributed by atoms with Crippen LogP contribution < -0.4 is 5.32 Å². The Hall–Kier alpha value is -1.48. The van der Waals surface area contributed by atoms with E-state index in [1.807, 2.05) is 6.07 Å². The second-order valence-corrected chi connectivity index (χ2v) is 3.77. The SMILES string of the molecule is CC(C)(C#N)C(=O)Nc1nncs1. The quantitative estimate of drug-likeness (QED) is 0.766. The van der Waals surface area contributed by atoms with Crippen molar-refractivity contribution in [1.29, 1.82) is 5.26 Å². The van der Waals surface area contributed by atoms with E-state index in [4.69, 9.17) is 5.26 Å². The molecule has 0 bridgehead atoms. The molecule has 1 aromatic rings. The van der Waals surface area contributed by atoms with Gasteiger partial charge in [0.1, 0.15) is 10.9 Å². The van der Waals surface area contributed by atoms with Gasteiger partial charge in [-0.3, -0.25) is 10.1 Å². The van der Waals surface area contributed by atoms with Gasteiger partial charge in [0.25, 0.3) is 0 Å². The molecule has 1 aromatic heterocycles. The Balaban J connectivity index is 2.68. The molecule has 0 aliphatic carbocycles. The Labute approximate surface area is 79.4 Å². The molecule has 1 heterocycles. The maximum atomic E-state index is 11.4. The third kappa shape index (κ3) is 2.23. The molecular weight excluding hydrogens is 188 g/mol. The van der Waals surface area contributed by atoms with Crippen LogP contribution in [0.5, 0.6) is 0 Å². The Bertz CT molecular complexity index is 338. The van der Waals surface area contributed by atoms with Gasteiger partial charge in [-0.25, -0.2) is 0 Å². The molecule has 5 nitrogen and oxygen atoms in total. The number of nitrogens with zero attached hydrogens (tertiary/aromatic N) is 3. The summed E-state index contributed by atoms with van der Waals surface area (Å²) >= 11 is 1.21. The number of carbonyl (C=O) groups is 1. The molecule has 0 aliphatic rings. The minimum atomic E-state index is -1.04. The van der Waals surface area contributed by atoms with Gasteiger partial charge in [0.15, 0.2) is 0 Å². The number of nitriles is 1. The second-order valence-electron chi connectivity index (χ2n) is 2.93. The zero-order chi connectivity index (χ0) is 9.90. The van der Waals surface area contributed by atoms with E-state index in [0.717, 1.165) is 0 Å². The van der Waals surface area contributed by atoms with E-state index < -0.39 is 5.41 Å². The topological polar surface area (TPSA) is 78.7 Å². The van der Waals surface area contributed by atoms with Gasteiger partial charge < -0.3 is 0 Å². The molecule has 0 atom stereocenters. The first-order valence-electron chi connectivity index (χ1n) is 3.55. The van der Waals surface area contributed by atoms with Crippen molar-refractivity contribution < 1.29 is 4.79 Å². The lowest BCUT2D eigenvalue weighted by Gasteiger charge is -2.12. The van der Waals surface area contributed by atoms with E-state index in [9.17, 15) is 4.79 Å². The molecular formula is C7H8N4OS. The summed E-state index contributed by atoms with van der Waals surface area (Å²) in [5.74, 6) is -0.369. The molecule has 1 N–H and O–H groups in total. The lowest BCUT2D eigenvalue weighted by Crippen LogP contribution is -2.29. The van der Waals surface area contributed by atoms with Crippen LogP contribution in [-0.2, 0) is 4.79 Å². The van der Waals surface area contributed by atoms with E-state index in [2.05, 4.69) is 15.5 Å². The summed E-state index contributed by atoms with van der Waals surface area (Å²) in [6.45, 7) is 3.09. The monoisotopic (exact) mass is 196 g/mol. The van der Waals surface area contributed by atoms with Crippen LogP contribution in [-0.4, -0.2) is 16.1 Å². The fourth-order valence-electron chi connectivity index (χ4n) is 0.532. The van der Waals surface area contributed by atoms with Crippen LogP contribution in [0.25, 0.3) is 0 Å².